The van der Waals surface area contributed by atoms with Gasteiger partial charge in [0.2, 0.25) is 0 Å². The third-order valence-electron chi connectivity index (χ3n) is 2.28. The second-order valence-electron chi connectivity index (χ2n) is 3.39. The molecule has 2 unspecified atom stereocenters. The van der Waals surface area contributed by atoms with Gasteiger partial charge in [-0.1, -0.05) is 13.8 Å². The van der Waals surface area contributed by atoms with Gasteiger partial charge in [0.25, 0.3) is 0 Å². The average Bonchev–Trinajstić information content (AvgIpc) is 2.56. The van der Waals surface area contributed by atoms with Crippen LogP contribution in [0.3, 0.4) is 0 Å². The van der Waals surface area contributed by atoms with Crippen LogP contribution in [-0.2, 0) is 14.3 Å². The van der Waals surface area contributed by atoms with E-state index in [0.717, 1.165) is 18.6 Å². The number of hydrogen-bond donors (Lipinski definition) is 0. The molecule has 1 fully saturated rings. The van der Waals surface area contributed by atoms with Gasteiger partial charge in [-0.15, -0.1) is 11.8 Å². The third kappa shape index (κ3) is 2.50. The molecule has 0 aromatic rings. The van der Waals surface area contributed by atoms with E-state index in [-0.39, 0.29) is 17.7 Å². The SMILES string of the molecule is CCCOC(=O)C1SCC(CC)C1=O. The molecule has 1 aliphatic rings. The molecule has 1 aliphatic heterocycles. The summed E-state index contributed by atoms with van der Waals surface area (Å²) in [6, 6.07) is 0. The summed E-state index contributed by atoms with van der Waals surface area (Å²) in [7, 11) is 0. The fourth-order valence-electron chi connectivity index (χ4n) is 1.37. The number of carbonyl (C=O) groups is 2. The molecule has 0 amide bonds. The van der Waals surface area contributed by atoms with E-state index in [1.807, 2.05) is 13.8 Å². The zero-order valence-corrected chi connectivity index (χ0v) is 9.43. The molecule has 1 saturated heterocycles. The van der Waals surface area contributed by atoms with E-state index in [9.17, 15) is 9.59 Å². The van der Waals surface area contributed by atoms with E-state index in [1.54, 1.807) is 0 Å². The minimum atomic E-state index is -0.550. The van der Waals surface area contributed by atoms with Crippen molar-refractivity contribution in [3.63, 3.8) is 0 Å². The fraction of sp³-hybridized carbons (Fsp3) is 0.800. The maximum absolute atomic E-state index is 11.6. The lowest BCUT2D eigenvalue weighted by molar-refractivity contribution is -0.145. The Bertz CT molecular complexity index is 227. The molecule has 14 heavy (non-hydrogen) atoms. The molecule has 0 bridgehead atoms. The third-order valence-corrected chi connectivity index (χ3v) is 3.63. The predicted octanol–water partition coefficient (Wildman–Crippen LogP) is 1.65. The highest BCUT2D eigenvalue weighted by molar-refractivity contribution is 8.01. The number of hydrogen-bond acceptors (Lipinski definition) is 4. The summed E-state index contributed by atoms with van der Waals surface area (Å²) >= 11 is 1.42. The molecule has 0 saturated carbocycles. The second-order valence-corrected chi connectivity index (χ2v) is 4.53. The van der Waals surface area contributed by atoms with Crippen LogP contribution >= 0.6 is 11.8 Å². The molecule has 3 nitrogen and oxygen atoms in total. The van der Waals surface area contributed by atoms with E-state index in [2.05, 4.69) is 0 Å². The Hall–Kier alpha value is -0.510. The molecule has 1 rings (SSSR count). The first-order chi connectivity index (χ1) is 6.70. The number of esters is 1. The molecule has 0 aromatic carbocycles. The highest BCUT2D eigenvalue weighted by atomic mass is 32.2. The first-order valence-corrected chi connectivity index (χ1v) is 6.07. The summed E-state index contributed by atoms with van der Waals surface area (Å²) < 4.78 is 4.96. The van der Waals surface area contributed by atoms with Crippen molar-refractivity contribution >= 4 is 23.5 Å². The van der Waals surface area contributed by atoms with Gasteiger partial charge in [-0.2, -0.15) is 0 Å². The Morgan fingerprint density at radius 3 is 2.79 bits per heavy atom. The van der Waals surface area contributed by atoms with Crippen molar-refractivity contribution in [3.05, 3.63) is 0 Å². The molecular formula is C10H16O3S. The van der Waals surface area contributed by atoms with E-state index in [4.69, 9.17) is 4.74 Å². The second kappa shape index (κ2) is 5.39. The van der Waals surface area contributed by atoms with Crippen LogP contribution in [0.25, 0.3) is 0 Å². The van der Waals surface area contributed by atoms with Crippen LogP contribution in [0.5, 0.6) is 0 Å². The van der Waals surface area contributed by atoms with Crippen molar-refractivity contribution < 1.29 is 14.3 Å². The first-order valence-electron chi connectivity index (χ1n) is 5.02. The highest BCUT2D eigenvalue weighted by Crippen LogP contribution is 2.30. The standard InChI is InChI=1S/C10H16O3S/c1-3-5-13-10(12)9-8(11)7(4-2)6-14-9/h7,9H,3-6H2,1-2H3. The monoisotopic (exact) mass is 216 g/mol. The van der Waals surface area contributed by atoms with Crippen molar-refractivity contribution in [1.82, 2.24) is 0 Å². The maximum Gasteiger partial charge on any atom is 0.326 e. The van der Waals surface area contributed by atoms with E-state index in [0.29, 0.717) is 6.61 Å². The number of ketones is 1. The van der Waals surface area contributed by atoms with Crippen molar-refractivity contribution in [2.45, 2.75) is 31.9 Å². The van der Waals surface area contributed by atoms with Gasteiger partial charge in [0.15, 0.2) is 11.0 Å². The molecule has 2 atom stereocenters. The van der Waals surface area contributed by atoms with Crippen LogP contribution in [0.15, 0.2) is 0 Å². The number of thioether (sulfide) groups is 1. The van der Waals surface area contributed by atoms with Gasteiger partial charge in [-0.25, -0.2) is 0 Å². The molecular weight excluding hydrogens is 200 g/mol. The van der Waals surface area contributed by atoms with Gasteiger partial charge in [0.05, 0.1) is 6.61 Å². The van der Waals surface area contributed by atoms with Crippen LogP contribution in [0, 0.1) is 5.92 Å². The molecule has 0 radical (unpaired) electrons. The Morgan fingerprint density at radius 2 is 2.29 bits per heavy atom. The highest BCUT2D eigenvalue weighted by Gasteiger charge is 2.39. The molecule has 0 aliphatic carbocycles. The molecule has 4 heteroatoms. The Morgan fingerprint density at radius 1 is 1.57 bits per heavy atom. The normalized spacial score (nSPS) is 26.6. The van der Waals surface area contributed by atoms with Gasteiger partial charge < -0.3 is 4.74 Å². The smallest absolute Gasteiger partial charge is 0.326 e. The van der Waals surface area contributed by atoms with Crippen LogP contribution in [0.2, 0.25) is 0 Å². The minimum absolute atomic E-state index is 0.0543. The van der Waals surface area contributed by atoms with E-state index < -0.39 is 5.25 Å². The van der Waals surface area contributed by atoms with E-state index >= 15 is 0 Å². The summed E-state index contributed by atoms with van der Waals surface area (Å²) in [5.41, 5.74) is 0. The maximum atomic E-state index is 11.6. The molecule has 80 valence electrons. The van der Waals surface area contributed by atoms with Crippen molar-refractivity contribution in [3.8, 4) is 0 Å². The van der Waals surface area contributed by atoms with E-state index in [1.165, 1.54) is 11.8 Å². The van der Waals surface area contributed by atoms with Gasteiger partial charge in [-0.05, 0) is 12.8 Å². The topological polar surface area (TPSA) is 43.4 Å². The summed E-state index contributed by atoms with van der Waals surface area (Å²) in [6.07, 6.45) is 1.62. The summed E-state index contributed by atoms with van der Waals surface area (Å²) in [4.78, 5) is 23.0. The van der Waals surface area contributed by atoms with Crippen molar-refractivity contribution in [2.24, 2.45) is 5.92 Å². The number of Topliss-reactive ketones (excluding diaryl/α,β-unsaturated/α-hetero) is 1. The number of ether oxygens (including phenoxy) is 1. The summed E-state index contributed by atoms with van der Waals surface area (Å²) in [6.45, 7) is 4.33. The largest absolute Gasteiger partial charge is 0.465 e. The Labute approximate surface area is 88.6 Å². The molecule has 1 heterocycles. The van der Waals surface area contributed by atoms with Crippen molar-refractivity contribution in [2.75, 3.05) is 12.4 Å². The lowest BCUT2D eigenvalue weighted by Gasteiger charge is -2.07. The van der Waals surface area contributed by atoms with Crippen LogP contribution < -0.4 is 0 Å². The fourth-order valence-corrected chi connectivity index (χ4v) is 2.76. The minimum Gasteiger partial charge on any atom is -0.465 e. The van der Waals surface area contributed by atoms with Crippen LogP contribution in [0.1, 0.15) is 26.7 Å². The van der Waals surface area contributed by atoms with Gasteiger partial charge in [0.1, 0.15) is 0 Å². The zero-order valence-electron chi connectivity index (χ0n) is 8.62. The van der Waals surface area contributed by atoms with Crippen LogP contribution in [-0.4, -0.2) is 29.4 Å². The predicted molar refractivity (Wildman–Crippen MR) is 56.3 cm³/mol. The molecule has 0 spiro atoms. The van der Waals surface area contributed by atoms with Crippen molar-refractivity contribution in [1.29, 1.82) is 0 Å². The lowest BCUT2D eigenvalue weighted by atomic mass is 10.0. The Kier molecular flexibility index (Phi) is 4.45. The average molecular weight is 216 g/mol. The lowest BCUT2D eigenvalue weighted by Crippen LogP contribution is -2.28. The summed E-state index contributed by atoms with van der Waals surface area (Å²) in [5.74, 6) is 0.525. The molecule has 0 N–H and O–H groups in total. The first kappa shape index (κ1) is 11.6. The molecule has 0 aromatic heterocycles. The Balaban J connectivity index is 2.46. The quantitative estimate of drug-likeness (QED) is 0.529. The zero-order chi connectivity index (χ0) is 10.6. The van der Waals surface area contributed by atoms with Gasteiger partial charge in [0, 0.05) is 11.7 Å². The summed E-state index contributed by atoms with van der Waals surface area (Å²) in [5, 5.41) is -0.550. The van der Waals surface area contributed by atoms with Crippen LogP contribution in [0.4, 0.5) is 0 Å². The number of carbonyl (C=O) groups excluding carboxylic acids is 2. The van der Waals surface area contributed by atoms with Gasteiger partial charge in [-0.3, -0.25) is 9.59 Å². The number of rotatable bonds is 4. The van der Waals surface area contributed by atoms with Gasteiger partial charge >= 0.3 is 5.97 Å².